The van der Waals surface area contributed by atoms with Crippen molar-refractivity contribution in [3.05, 3.63) is 50.4 Å². The number of aliphatic imine (C=N–C) groups is 1. The normalized spacial score (nSPS) is 17.4. The number of hydrogen-bond donors (Lipinski definition) is 1. The lowest BCUT2D eigenvalue weighted by Crippen LogP contribution is -2.52. The Morgan fingerprint density at radius 1 is 1.27 bits per heavy atom. The molecule has 0 aliphatic carbocycles. The highest BCUT2D eigenvalue weighted by molar-refractivity contribution is 9.10. The van der Waals surface area contributed by atoms with Crippen LogP contribution in [0.2, 0.25) is 0 Å². The van der Waals surface area contributed by atoms with Crippen molar-refractivity contribution in [1.29, 1.82) is 0 Å². The number of rotatable bonds is 4. The van der Waals surface area contributed by atoms with Crippen LogP contribution in [-0.4, -0.2) is 54.0 Å². The van der Waals surface area contributed by atoms with Gasteiger partial charge in [0.1, 0.15) is 0 Å². The zero-order chi connectivity index (χ0) is 18.5. The summed E-state index contributed by atoms with van der Waals surface area (Å²) in [5, 5.41) is 4.58. The Kier molecular flexibility index (Phi) is 6.67. The number of nitrogens with zero attached hydrogens (tertiary/aromatic N) is 4. The Balaban J connectivity index is 1.52. The average molecular weight is 436 g/mol. The Labute approximate surface area is 168 Å². The minimum absolute atomic E-state index is 0.431. The summed E-state index contributed by atoms with van der Waals surface area (Å²) in [6, 6.07) is 9.09. The fourth-order valence-corrected chi connectivity index (χ4v) is 4.26. The number of benzene rings is 1. The van der Waals surface area contributed by atoms with Crippen LogP contribution >= 0.6 is 27.3 Å². The molecule has 26 heavy (non-hydrogen) atoms. The smallest absolute Gasteiger partial charge is 0.194 e. The van der Waals surface area contributed by atoms with E-state index in [1.54, 1.807) is 11.3 Å². The van der Waals surface area contributed by atoms with E-state index in [1.807, 2.05) is 20.2 Å². The molecule has 0 saturated carbocycles. The van der Waals surface area contributed by atoms with Crippen molar-refractivity contribution < 1.29 is 0 Å². The summed E-state index contributed by atoms with van der Waals surface area (Å²) in [7, 11) is 1.86. The minimum atomic E-state index is 0.431. The molecule has 1 unspecified atom stereocenters. The van der Waals surface area contributed by atoms with E-state index in [4.69, 9.17) is 0 Å². The molecule has 7 heteroatoms. The molecule has 0 amide bonds. The van der Waals surface area contributed by atoms with Gasteiger partial charge in [0, 0.05) is 54.8 Å². The fourth-order valence-electron chi connectivity index (χ4n) is 3.26. The number of halogens is 1. The molecule has 3 rings (SSSR count). The molecule has 0 radical (unpaired) electrons. The van der Waals surface area contributed by atoms with Gasteiger partial charge in [-0.3, -0.25) is 9.89 Å². The van der Waals surface area contributed by atoms with Crippen molar-refractivity contribution in [3.63, 3.8) is 0 Å². The van der Waals surface area contributed by atoms with Gasteiger partial charge in [-0.05, 0) is 31.5 Å². The van der Waals surface area contributed by atoms with E-state index in [1.165, 1.54) is 10.4 Å². The number of piperazine rings is 1. The summed E-state index contributed by atoms with van der Waals surface area (Å²) < 4.78 is 1.13. The van der Waals surface area contributed by atoms with Gasteiger partial charge in [-0.1, -0.05) is 28.1 Å². The van der Waals surface area contributed by atoms with Crippen LogP contribution in [-0.2, 0) is 6.54 Å². The standard InChI is InChI=1S/C19H26BrN5S/c1-14(16-4-6-17(20)7-5-16)24-8-10-25(11-9-24)19(21-3)23-13-18-12-22-15(2)26-18/h4-7,12,14H,8-11,13H2,1-3H3,(H,21,23). The van der Waals surface area contributed by atoms with E-state index in [0.717, 1.165) is 48.2 Å². The third-order valence-corrected chi connectivity index (χ3v) is 6.26. The third-order valence-electron chi connectivity index (χ3n) is 4.82. The van der Waals surface area contributed by atoms with E-state index in [0.29, 0.717) is 6.04 Å². The molecule has 1 aromatic heterocycles. The van der Waals surface area contributed by atoms with Gasteiger partial charge < -0.3 is 10.2 Å². The van der Waals surface area contributed by atoms with Crippen molar-refractivity contribution in [2.75, 3.05) is 33.2 Å². The minimum Gasteiger partial charge on any atom is -0.351 e. The maximum atomic E-state index is 4.46. The van der Waals surface area contributed by atoms with Crippen LogP contribution in [0.3, 0.4) is 0 Å². The lowest BCUT2D eigenvalue weighted by molar-refractivity contribution is 0.138. The quantitative estimate of drug-likeness (QED) is 0.587. The Bertz CT molecular complexity index is 735. The second-order valence-corrected chi connectivity index (χ2v) is 8.73. The Hall–Kier alpha value is -1.44. The van der Waals surface area contributed by atoms with Crippen molar-refractivity contribution >= 4 is 33.2 Å². The molecule has 1 aliphatic rings. The SMILES string of the molecule is CN=C(NCc1cnc(C)s1)N1CCN(C(C)c2ccc(Br)cc2)CC1. The van der Waals surface area contributed by atoms with Gasteiger partial charge in [-0.2, -0.15) is 0 Å². The zero-order valence-corrected chi connectivity index (χ0v) is 18.0. The van der Waals surface area contributed by atoms with Crippen LogP contribution in [0, 0.1) is 6.92 Å². The van der Waals surface area contributed by atoms with Gasteiger partial charge in [0.05, 0.1) is 11.6 Å². The number of aryl methyl sites for hydroxylation is 1. The van der Waals surface area contributed by atoms with Crippen LogP contribution in [0.15, 0.2) is 39.9 Å². The molecule has 1 aliphatic heterocycles. The lowest BCUT2D eigenvalue weighted by Gasteiger charge is -2.39. The van der Waals surface area contributed by atoms with Gasteiger partial charge >= 0.3 is 0 Å². The lowest BCUT2D eigenvalue weighted by atomic mass is 10.1. The highest BCUT2D eigenvalue weighted by atomic mass is 79.9. The van der Waals surface area contributed by atoms with Crippen LogP contribution in [0.5, 0.6) is 0 Å². The first-order valence-electron chi connectivity index (χ1n) is 8.93. The summed E-state index contributed by atoms with van der Waals surface area (Å²) >= 11 is 5.24. The third kappa shape index (κ3) is 4.84. The first kappa shape index (κ1) is 19.3. The molecule has 140 valence electrons. The zero-order valence-electron chi connectivity index (χ0n) is 15.6. The van der Waals surface area contributed by atoms with Crippen LogP contribution in [0.1, 0.15) is 28.4 Å². The molecule has 1 N–H and O–H groups in total. The van der Waals surface area contributed by atoms with E-state index in [2.05, 4.69) is 72.2 Å². The van der Waals surface area contributed by atoms with Crippen LogP contribution in [0.25, 0.3) is 0 Å². The Morgan fingerprint density at radius 2 is 1.96 bits per heavy atom. The maximum absolute atomic E-state index is 4.46. The molecule has 5 nitrogen and oxygen atoms in total. The molecule has 2 aromatic rings. The topological polar surface area (TPSA) is 43.8 Å². The van der Waals surface area contributed by atoms with Gasteiger partial charge in [0.2, 0.25) is 0 Å². The van der Waals surface area contributed by atoms with Crippen LogP contribution < -0.4 is 5.32 Å². The first-order chi connectivity index (χ1) is 12.6. The van der Waals surface area contributed by atoms with Crippen LogP contribution in [0.4, 0.5) is 0 Å². The molecule has 1 saturated heterocycles. The Morgan fingerprint density at radius 3 is 2.54 bits per heavy atom. The van der Waals surface area contributed by atoms with Gasteiger partial charge in [-0.15, -0.1) is 11.3 Å². The molecule has 1 atom stereocenters. The largest absolute Gasteiger partial charge is 0.351 e. The molecule has 1 fully saturated rings. The van der Waals surface area contributed by atoms with Crippen molar-refractivity contribution in [2.24, 2.45) is 4.99 Å². The van der Waals surface area contributed by atoms with E-state index in [-0.39, 0.29) is 0 Å². The summed E-state index contributed by atoms with van der Waals surface area (Å²) in [6.45, 7) is 9.17. The number of guanidine groups is 1. The molecular weight excluding hydrogens is 410 g/mol. The van der Waals surface area contributed by atoms with E-state index < -0.39 is 0 Å². The van der Waals surface area contributed by atoms with Gasteiger partial charge in [0.15, 0.2) is 5.96 Å². The van der Waals surface area contributed by atoms with E-state index >= 15 is 0 Å². The van der Waals surface area contributed by atoms with E-state index in [9.17, 15) is 0 Å². The van der Waals surface area contributed by atoms with Crippen molar-refractivity contribution in [3.8, 4) is 0 Å². The average Bonchev–Trinajstić information content (AvgIpc) is 3.08. The van der Waals surface area contributed by atoms with Gasteiger partial charge in [-0.25, -0.2) is 4.98 Å². The molecule has 2 heterocycles. The van der Waals surface area contributed by atoms with Crippen molar-refractivity contribution in [2.45, 2.75) is 26.4 Å². The summed E-state index contributed by atoms with van der Waals surface area (Å²) in [6.07, 6.45) is 1.94. The highest BCUT2D eigenvalue weighted by Gasteiger charge is 2.23. The number of thiazole rings is 1. The number of aromatic nitrogens is 1. The fraction of sp³-hybridized carbons (Fsp3) is 0.474. The molecule has 0 spiro atoms. The maximum Gasteiger partial charge on any atom is 0.194 e. The summed E-state index contributed by atoms with van der Waals surface area (Å²) in [5.74, 6) is 0.979. The second kappa shape index (κ2) is 8.97. The molecular formula is C19H26BrN5S. The highest BCUT2D eigenvalue weighted by Crippen LogP contribution is 2.23. The number of hydrogen-bond acceptors (Lipinski definition) is 4. The van der Waals surface area contributed by atoms with Gasteiger partial charge in [0.25, 0.3) is 0 Å². The van der Waals surface area contributed by atoms with Crippen molar-refractivity contribution in [1.82, 2.24) is 20.1 Å². The summed E-state index contributed by atoms with van der Waals surface area (Å²) in [4.78, 5) is 14.9. The first-order valence-corrected chi connectivity index (χ1v) is 10.5. The molecule has 1 aromatic carbocycles. The predicted molar refractivity (Wildman–Crippen MR) is 113 cm³/mol. The predicted octanol–water partition coefficient (Wildman–Crippen LogP) is 3.67. The number of nitrogens with one attached hydrogen (secondary N) is 1. The second-order valence-electron chi connectivity index (χ2n) is 6.50. The monoisotopic (exact) mass is 435 g/mol. The summed E-state index contributed by atoms with van der Waals surface area (Å²) in [5.41, 5.74) is 1.37. The molecule has 0 bridgehead atoms.